The Labute approximate surface area is 188 Å². The van der Waals surface area contributed by atoms with Crippen molar-refractivity contribution in [2.75, 3.05) is 13.2 Å². The van der Waals surface area contributed by atoms with E-state index < -0.39 is 5.25 Å². The molecule has 3 aromatic rings. The van der Waals surface area contributed by atoms with E-state index >= 15 is 0 Å². The Morgan fingerprint density at radius 3 is 2.60 bits per heavy atom. The van der Waals surface area contributed by atoms with Crippen molar-refractivity contribution in [3.63, 3.8) is 0 Å². The maximum atomic E-state index is 11.5. The van der Waals surface area contributed by atoms with Gasteiger partial charge in [0.05, 0.1) is 6.61 Å². The van der Waals surface area contributed by atoms with Crippen molar-refractivity contribution < 1.29 is 9.66 Å². The van der Waals surface area contributed by atoms with Crippen molar-refractivity contribution in [3.05, 3.63) is 73.5 Å². The third kappa shape index (κ3) is 5.02. The topological polar surface area (TPSA) is 83.1 Å². The predicted molar refractivity (Wildman–Crippen MR) is 121 cm³/mol. The van der Waals surface area contributed by atoms with Crippen LogP contribution in [0.2, 0.25) is 0 Å². The SMILES string of the molecule is CCOc1ccc(Br)cc1[C@@H](C[N+](=O)[O-])Sc1nnc(C)n1-c1ccc(C)c(C)c1. The summed E-state index contributed by atoms with van der Waals surface area (Å²) in [6, 6.07) is 11.7. The minimum absolute atomic E-state index is 0.264. The number of rotatable bonds is 8. The quantitative estimate of drug-likeness (QED) is 0.236. The van der Waals surface area contributed by atoms with Gasteiger partial charge in [0.1, 0.15) is 16.8 Å². The number of aryl methyl sites for hydroxylation is 3. The Morgan fingerprint density at radius 2 is 1.93 bits per heavy atom. The molecule has 3 rings (SSSR count). The number of halogens is 1. The van der Waals surface area contributed by atoms with Crippen LogP contribution in [0.5, 0.6) is 5.75 Å². The summed E-state index contributed by atoms with van der Waals surface area (Å²) >= 11 is 4.79. The molecule has 7 nitrogen and oxygen atoms in total. The van der Waals surface area contributed by atoms with E-state index in [9.17, 15) is 10.1 Å². The van der Waals surface area contributed by atoms with Crippen molar-refractivity contribution in [1.29, 1.82) is 0 Å². The van der Waals surface area contributed by atoms with E-state index in [4.69, 9.17) is 4.74 Å². The summed E-state index contributed by atoms with van der Waals surface area (Å²) in [5, 5.41) is 20.1. The summed E-state index contributed by atoms with van der Waals surface area (Å²) in [5.41, 5.74) is 4.03. The molecular formula is C21H23BrN4O3S. The molecule has 9 heteroatoms. The molecular weight excluding hydrogens is 468 g/mol. The Kier molecular flexibility index (Phi) is 7.14. The summed E-state index contributed by atoms with van der Waals surface area (Å²) in [4.78, 5) is 11.2. The van der Waals surface area contributed by atoms with Crippen LogP contribution in [0.1, 0.15) is 34.7 Å². The molecule has 0 spiro atoms. The highest BCUT2D eigenvalue weighted by Gasteiger charge is 2.27. The zero-order valence-electron chi connectivity index (χ0n) is 17.3. The van der Waals surface area contributed by atoms with Gasteiger partial charge in [0.25, 0.3) is 0 Å². The van der Waals surface area contributed by atoms with Gasteiger partial charge >= 0.3 is 0 Å². The van der Waals surface area contributed by atoms with Gasteiger partial charge in [-0.05, 0) is 69.2 Å². The average molecular weight is 491 g/mol. The summed E-state index contributed by atoms with van der Waals surface area (Å²) in [5.74, 6) is 1.36. The van der Waals surface area contributed by atoms with Crippen molar-refractivity contribution in [2.24, 2.45) is 0 Å². The van der Waals surface area contributed by atoms with Gasteiger partial charge in [-0.2, -0.15) is 0 Å². The molecule has 1 heterocycles. The van der Waals surface area contributed by atoms with Gasteiger partial charge in [-0.15, -0.1) is 10.2 Å². The van der Waals surface area contributed by atoms with Crippen LogP contribution in [-0.4, -0.2) is 32.8 Å². The van der Waals surface area contributed by atoms with Crippen LogP contribution >= 0.6 is 27.7 Å². The molecule has 158 valence electrons. The van der Waals surface area contributed by atoms with Gasteiger partial charge in [0, 0.05) is 20.6 Å². The van der Waals surface area contributed by atoms with E-state index in [2.05, 4.69) is 52.1 Å². The maximum absolute atomic E-state index is 11.5. The number of aromatic nitrogens is 3. The number of hydrogen-bond donors (Lipinski definition) is 0. The van der Waals surface area contributed by atoms with Crippen LogP contribution < -0.4 is 4.74 Å². The highest BCUT2D eigenvalue weighted by atomic mass is 79.9. The van der Waals surface area contributed by atoms with E-state index in [1.807, 2.05) is 42.7 Å². The zero-order chi connectivity index (χ0) is 21.8. The first-order valence-electron chi connectivity index (χ1n) is 9.50. The fourth-order valence-corrected chi connectivity index (χ4v) is 4.67. The second-order valence-corrected chi connectivity index (χ2v) is 8.96. The standard InChI is InChI=1S/C21H23BrN4O3S/c1-5-29-19-9-7-16(22)11-18(19)20(12-25(27)28)30-21-24-23-15(4)26(21)17-8-6-13(2)14(3)10-17/h6-11,20H,5,12H2,1-4H3/t20-/m1/s1. The average Bonchev–Trinajstić information content (AvgIpc) is 3.05. The van der Waals surface area contributed by atoms with E-state index in [1.165, 1.54) is 17.3 Å². The van der Waals surface area contributed by atoms with Crippen LogP contribution in [0.25, 0.3) is 5.69 Å². The second kappa shape index (κ2) is 9.61. The molecule has 0 saturated carbocycles. The van der Waals surface area contributed by atoms with Gasteiger partial charge in [-0.1, -0.05) is 33.8 Å². The lowest BCUT2D eigenvalue weighted by Gasteiger charge is -2.18. The molecule has 0 radical (unpaired) electrons. The number of nitro groups is 1. The fraction of sp³-hybridized carbons (Fsp3) is 0.333. The summed E-state index contributed by atoms with van der Waals surface area (Å²) < 4.78 is 8.51. The number of hydrogen-bond acceptors (Lipinski definition) is 6. The van der Waals surface area contributed by atoms with Crippen molar-refractivity contribution >= 4 is 27.7 Å². The predicted octanol–water partition coefficient (Wildman–Crippen LogP) is 5.46. The molecule has 0 amide bonds. The number of ether oxygens (including phenoxy) is 1. The summed E-state index contributed by atoms with van der Waals surface area (Å²) in [6.45, 7) is 8.09. The maximum Gasteiger partial charge on any atom is 0.220 e. The van der Waals surface area contributed by atoms with E-state index in [0.29, 0.717) is 17.5 Å². The van der Waals surface area contributed by atoms with Gasteiger partial charge in [-0.25, -0.2) is 0 Å². The molecule has 0 fully saturated rings. The van der Waals surface area contributed by atoms with Crippen LogP contribution in [0.4, 0.5) is 0 Å². The number of benzene rings is 2. The van der Waals surface area contributed by atoms with Crippen molar-refractivity contribution in [3.8, 4) is 11.4 Å². The highest BCUT2D eigenvalue weighted by molar-refractivity contribution is 9.10. The monoisotopic (exact) mass is 490 g/mol. The molecule has 1 aromatic heterocycles. The molecule has 1 atom stereocenters. The van der Waals surface area contributed by atoms with E-state index in [0.717, 1.165) is 27.1 Å². The Morgan fingerprint density at radius 1 is 1.17 bits per heavy atom. The third-order valence-corrected chi connectivity index (χ3v) is 6.38. The number of nitrogens with zero attached hydrogens (tertiary/aromatic N) is 4. The lowest BCUT2D eigenvalue weighted by atomic mass is 10.1. The first-order chi connectivity index (χ1) is 14.3. The van der Waals surface area contributed by atoms with E-state index in [1.54, 1.807) is 0 Å². The fourth-order valence-electron chi connectivity index (χ4n) is 3.10. The van der Waals surface area contributed by atoms with Crippen LogP contribution in [-0.2, 0) is 0 Å². The molecule has 0 aliphatic rings. The molecule has 0 aliphatic heterocycles. The van der Waals surface area contributed by atoms with Crippen molar-refractivity contribution in [2.45, 2.75) is 38.1 Å². The molecule has 0 saturated heterocycles. The van der Waals surface area contributed by atoms with Gasteiger partial charge < -0.3 is 4.74 Å². The smallest absolute Gasteiger partial charge is 0.220 e. The first kappa shape index (κ1) is 22.3. The van der Waals surface area contributed by atoms with Gasteiger partial charge in [0.2, 0.25) is 6.54 Å². The molecule has 30 heavy (non-hydrogen) atoms. The Balaban J connectivity index is 2.05. The summed E-state index contributed by atoms with van der Waals surface area (Å²) in [6.07, 6.45) is 0. The Hall–Kier alpha value is -2.39. The lowest BCUT2D eigenvalue weighted by molar-refractivity contribution is -0.479. The minimum atomic E-state index is -0.493. The van der Waals surface area contributed by atoms with E-state index in [-0.39, 0.29) is 11.5 Å². The molecule has 0 bridgehead atoms. The largest absolute Gasteiger partial charge is 0.494 e. The third-order valence-electron chi connectivity index (χ3n) is 4.72. The minimum Gasteiger partial charge on any atom is -0.494 e. The molecule has 0 unspecified atom stereocenters. The van der Waals surface area contributed by atoms with Crippen molar-refractivity contribution in [1.82, 2.24) is 14.8 Å². The highest BCUT2D eigenvalue weighted by Crippen LogP contribution is 2.41. The summed E-state index contributed by atoms with van der Waals surface area (Å²) in [7, 11) is 0. The van der Waals surface area contributed by atoms with Crippen LogP contribution in [0, 0.1) is 30.9 Å². The van der Waals surface area contributed by atoms with Gasteiger partial charge in [0.15, 0.2) is 5.16 Å². The molecule has 0 aliphatic carbocycles. The molecule has 2 aromatic carbocycles. The second-order valence-electron chi connectivity index (χ2n) is 6.87. The van der Waals surface area contributed by atoms with Crippen LogP contribution in [0.3, 0.4) is 0 Å². The number of thioether (sulfide) groups is 1. The van der Waals surface area contributed by atoms with Gasteiger partial charge in [-0.3, -0.25) is 14.7 Å². The normalized spacial score (nSPS) is 12.0. The van der Waals surface area contributed by atoms with Crippen LogP contribution in [0.15, 0.2) is 46.0 Å². The zero-order valence-corrected chi connectivity index (χ0v) is 19.7. The molecule has 0 N–H and O–H groups in total. The lowest BCUT2D eigenvalue weighted by Crippen LogP contribution is -2.12. The first-order valence-corrected chi connectivity index (χ1v) is 11.2. The Bertz CT molecular complexity index is 1070.